The van der Waals surface area contributed by atoms with Crippen LogP contribution in [0, 0.1) is 0 Å². The first kappa shape index (κ1) is 15.9. The zero-order valence-corrected chi connectivity index (χ0v) is 14.2. The van der Waals surface area contributed by atoms with Gasteiger partial charge in [0.1, 0.15) is 0 Å². The summed E-state index contributed by atoms with van der Waals surface area (Å²) in [7, 11) is 3.13. The van der Waals surface area contributed by atoms with Crippen LogP contribution in [0.4, 0.5) is 0 Å². The normalized spacial score (nSPS) is 15.0. The van der Waals surface area contributed by atoms with Crippen LogP contribution in [0.2, 0.25) is 10.0 Å². The number of fused-ring (bicyclic) bond motifs is 1. The van der Waals surface area contributed by atoms with E-state index in [1.165, 1.54) is 0 Å². The molecule has 0 atom stereocenters. The average molecular weight is 349 g/mol. The Morgan fingerprint density at radius 3 is 2.17 bits per heavy atom. The van der Waals surface area contributed by atoms with Gasteiger partial charge < -0.3 is 9.47 Å². The first-order valence-corrected chi connectivity index (χ1v) is 7.73. The summed E-state index contributed by atoms with van der Waals surface area (Å²) in [6.45, 7) is 0. The van der Waals surface area contributed by atoms with Gasteiger partial charge >= 0.3 is 0 Å². The lowest BCUT2D eigenvalue weighted by Crippen LogP contribution is -1.97. The van der Waals surface area contributed by atoms with Crippen LogP contribution in [0.25, 0.3) is 6.08 Å². The number of carbonyl (C=O) groups excluding carboxylic acids is 1. The second-order valence-electron chi connectivity index (χ2n) is 5.24. The van der Waals surface area contributed by atoms with Crippen molar-refractivity contribution in [2.75, 3.05) is 14.2 Å². The molecular formula is C18H14Cl2O3. The molecule has 2 aromatic rings. The summed E-state index contributed by atoms with van der Waals surface area (Å²) in [5.74, 6) is 1.15. The Labute approximate surface area is 144 Å². The predicted octanol–water partition coefficient (Wildman–Crippen LogP) is 4.83. The first-order valence-electron chi connectivity index (χ1n) is 6.98. The van der Waals surface area contributed by atoms with E-state index in [4.69, 9.17) is 32.7 Å². The van der Waals surface area contributed by atoms with Crippen LogP contribution in [-0.2, 0) is 6.42 Å². The van der Waals surface area contributed by atoms with Crippen molar-refractivity contribution < 1.29 is 14.3 Å². The largest absolute Gasteiger partial charge is 0.493 e. The Hall–Kier alpha value is -1.97. The highest BCUT2D eigenvalue weighted by molar-refractivity contribution is 6.34. The summed E-state index contributed by atoms with van der Waals surface area (Å²) in [5, 5.41) is 1.08. The van der Waals surface area contributed by atoms with E-state index in [-0.39, 0.29) is 5.78 Å². The topological polar surface area (TPSA) is 35.5 Å². The monoisotopic (exact) mass is 348 g/mol. The third kappa shape index (κ3) is 3.07. The van der Waals surface area contributed by atoms with Crippen LogP contribution >= 0.6 is 23.2 Å². The van der Waals surface area contributed by atoms with Crippen LogP contribution in [-0.4, -0.2) is 20.0 Å². The van der Waals surface area contributed by atoms with Gasteiger partial charge in [0.25, 0.3) is 0 Å². The number of methoxy groups -OCH3 is 2. The van der Waals surface area contributed by atoms with Gasteiger partial charge in [-0.1, -0.05) is 23.2 Å². The maximum absolute atomic E-state index is 12.6. The molecule has 0 fully saturated rings. The molecule has 3 rings (SSSR count). The number of halogens is 2. The van der Waals surface area contributed by atoms with E-state index in [1.54, 1.807) is 38.5 Å². The predicted molar refractivity (Wildman–Crippen MR) is 92.0 cm³/mol. The second kappa shape index (κ2) is 6.26. The molecule has 2 aromatic carbocycles. The number of ketones is 1. The molecule has 0 saturated carbocycles. The van der Waals surface area contributed by atoms with E-state index in [2.05, 4.69) is 0 Å². The van der Waals surface area contributed by atoms with Crippen molar-refractivity contribution in [2.24, 2.45) is 0 Å². The zero-order chi connectivity index (χ0) is 16.6. The number of ether oxygens (including phenoxy) is 2. The molecule has 5 heteroatoms. The van der Waals surface area contributed by atoms with E-state index < -0.39 is 0 Å². The summed E-state index contributed by atoms with van der Waals surface area (Å²) in [6, 6.07) is 8.78. The third-order valence-corrected chi connectivity index (χ3v) is 4.19. The molecule has 0 heterocycles. The van der Waals surface area contributed by atoms with Crippen molar-refractivity contribution >= 4 is 35.1 Å². The molecule has 0 spiro atoms. The highest BCUT2D eigenvalue weighted by Gasteiger charge is 2.27. The summed E-state index contributed by atoms with van der Waals surface area (Å²) < 4.78 is 10.6. The number of hydrogen-bond donors (Lipinski definition) is 0. The summed E-state index contributed by atoms with van der Waals surface area (Å²) in [5.41, 5.74) is 3.06. The van der Waals surface area contributed by atoms with Crippen molar-refractivity contribution in [1.82, 2.24) is 0 Å². The highest BCUT2D eigenvalue weighted by atomic mass is 35.5. The molecule has 0 N–H and O–H groups in total. The molecule has 0 unspecified atom stereocenters. The minimum absolute atomic E-state index is 0.0166. The summed E-state index contributed by atoms with van der Waals surface area (Å²) >= 11 is 12.0. The maximum atomic E-state index is 12.6. The Morgan fingerprint density at radius 2 is 1.57 bits per heavy atom. The fourth-order valence-corrected chi connectivity index (χ4v) is 3.26. The summed E-state index contributed by atoms with van der Waals surface area (Å²) in [4.78, 5) is 12.6. The molecular weight excluding hydrogens is 335 g/mol. The standard InChI is InChI=1S/C18H14Cl2O3/c1-22-16-7-11-6-12(18(21)15(11)9-17(16)23-2)3-10-4-13(19)8-14(20)5-10/h3-5,7-9H,6H2,1-2H3. The smallest absolute Gasteiger partial charge is 0.189 e. The average Bonchev–Trinajstić information content (AvgIpc) is 2.80. The molecule has 0 aromatic heterocycles. The van der Waals surface area contributed by atoms with Gasteiger partial charge in [-0.15, -0.1) is 0 Å². The lowest BCUT2D eigenvalue weighted by Gasteiger charge is -2.08. The Bertz CT molecular complexity index is 805. The van der Waals surface area contributed by atoms with E-state index in [1.807, 2.05) is 12.1 Å². The van der Waals surface area contributed by atoms with E-state index in [9.17, 15) is 4.79 Å². The molecule has 0 radical (unpaired) electrons. The molecule has 0 bridgehead atoms. The molecule has 0 saturated heterocycles. The molecule has 0 amide bonds. The fraction of sp³-hybridized carbons (Fsp3) is 0.167. The van der Waals surface area contributed by atoms with E-state index in [0.29, 0.717) is 39.1 Å². The van der Waals surface area contributed by atoms with E-state index in [0.717, 1.165) is 11.1 Å². The van der Waals surface area contributed by atoms with Gasteiger partial charge in [-0.05, 0) is 47.5 Å². The van der Waals surface area contributed by atoms with Gasteiger partial charge in [-0.3, -0.25) is 4.79 Å². The summed E-state index contributed by atoms with van der Waals surface area (Å²) in [6.07, 6.45) is 2.36. The van der Waals surface area contributed by atoms with Crippen LogP contribution in [0.15, 0.2) is 35.9 Å². The number of allylic oxidation sites excluding steroid dienone is 1. The van der Waals surface area contributed by atoms with Crippen molar-refractivity contribution in [2.45, 2.75) is 6.42 Å². The molecule has 1 aliphatic rings. The van der Waals surface area contributed by atoms with Gasteiger partial charge in [0.15, 0.2) is 17.3 Å². The molecule has 1 aliphatic carbocycles. The van der Waals surface area contributed by atoms with Crippen molar-refractivity contribution in [3.05, 3.63) is 62.6 Å². The van der Waals surface area contributed by atoms with E-state index >= 15 is 0 Å². The van der Waals surface area contributed by atoms with Crippen LogP contribution in [0.3, 0.4) is 0 Å². The van der Waals surface area contributed by atoms with Crippen LogP contribution in [0.1, 0.15) is 21.5 Å². The van der Waals surface area contributed by atoms with Gasteiger partial charge in [0.2, 0.25) is 0 Å². The van der Waals surface area contributed by atoms with Gasteiger partial charge in [0, 0.05) is 27.6 Å². The number of benzene rings is 2. The van der Waals surface area contributed by atoms with Crippen molar-refractivity contribution in [3.63, 3.8) is 0 Å². The van der Waals surface area contributed by atoms with Crippen molar-refractivity contribution in [1.29, 1.82) is 0 Å². The Balaban J connectivity index is 2.01. The molecule has 118 valence electrons. The number of carbonyl (C=O) groups is 1. The van der Waals surface area contributed by atoms with Gasteiger partial charge in [-0.25, -0.2) is 0 Å². The van der Waals surface area contributed by atoms with Gasteiger partial charge in [0.05, 0.1) is 14.2 Å². The molecule has 3 nitrogen and oxygen atoms in total. The van der Waals surface area contributed by atoms with Gasteiger partial charge in [-0.2, -0.15) is 0 Å². The highest BCUT2D eigenvalue weighted by Crippen LogP contribution is 2.37. The third-order valence-electron chi connectivity index (χ3n) is 3.75. The van der Waals surface area contributed by atoms with Crippen molar-refractivity contribution in [3.8, 4) is 11.5 Å². The molecule has 0 aliphatic heterocycles. The van der Waals surface area contributed by atoms with Crippen LogP contribution in [0.5, 0.6) is 11.5 Å². The van der Waals surface area contributed by atoms with Crippen LogP contribution < -0.4 is 9.47 Å². The SMILES string of the molecule is COc1cc2c(cc1OC)C(=O)C(=Cc1cc(Cl)cc(Cl)c1)C2. The lowest BCUT2D eigenvalue weighted by molar-refractivity contribution is 0.104. The lowest BCUT2D eigenvalue weighted by atomic mass is 10.1. The zero-order valence-electron chi connectivity index (χ0n) is 12.7. The minimum Gasteiger partial charge on any atom is -0.493 e. The Kier molecular flexibility index (Phi) is 4.33. The number of Topliss-reactive ketones (excluding diaryl/α,β-unsaturated/α-hetero) is 1. The number of rotatable bonds is 3. The minimum atomic E-state index is -0.0166. The quantitative estimate of drug-likeness (QED) is 0.745. The first-order chi connectivity index (χ1) is 11.0. The molecule has 23 heavy (non-hydrogen) atoms. The number of hydrogen-bond acceptors (Lipinski definition) is 3. The maximum Gasteiger partial charge on any atom is 0.189 e. The Morgan fingerprint density at radius 1 is 0.957 bits per heavy atom. The second-order valence-corrected chi connectivity index (χ2v) is 6.12. The fourth-order valence-electron chi connectivity index (χ4n) is 2.71.